The summed E-state index contributed by atoms with van der Waals surface area (Å²) in [7, 11) is 0. The van der Waals surface area contributed by atoms with Crippen LogP contribution in [0.2, 0.25) is 0 Å². The fourth-order valence-corrected chi connectivity index (χ4v) is 4.17. The van der Waals surface area contributed by atoms with Crippen molar-refractivity contribution in [1.29, 1.82) is 0 Å². The van der Waals surface area contributed by atoms with Crippen molar-refractivity contribution in [3.63, 3.8) is 0 Å². The Kier molecular flexibility index (Phi) is 10.5. The highest BCUT2D eigenvalue weighted by molar-refractivity contribution is 5.83. The van der Waals surface area contributed by atoms with E-state index in [1.807, 2.05) is 13.0 Å². The van der Waals surface area contributed by atoms with Crippen molar-refractivity contribution in [1.82, 2.24) is 26.2 Å². The number of guanidine groups is 1. The molecule has 3 amide bonds. The predicted molar refractivity (Wildman–Crippen MR) is 136 cm³/mol. The normalized spacial score (nSPS) is 17.1. The van der Waals surface area contributed by atoms with Crippen LogP contribution in [-0.2, 0) is 25.7 Å². The number of ether oxygens (including phenoxy) is 1. The van der Waals surface area contributed by atoms with E-state index in [-0.39, 0.29) is 36.8 Å². The Morgan fingerprint density at radius 3 is 2.57 bits per heavy atom. The lowest BCUT2D eigenvalue weighted by atomic mass is 9.94. The Labute approximate surface area is 216 Å². The van der Waals surface area contributed by atoms with E-state index in [0.717, 1.165) is 24.6 Å². The molecule has 37 heavy (non-hydrogen) atoms. The molecular formula is C25H36N6O6. The van der Waals surface area contributed by atoms with Crippen LogP contribution in [0.15, 0.2) is 35.3 Å². The number of aliphatic imine (C=N–C) groups is 1. The minimum absolute atomic E-state index is 0.00426. The number of carboxylic acid groups (broad SMARTS) is 1. The second-order valence-electron chi connectivity index (χ2n) is 9.22. The molecular weight excluding hydrogens is 480 g/mol. The molecule has 12 heteroatoms. The highest BCUT2D eigenvalue weighted by Crippen LogP contribution is 2.20. The average Bonchev–Trinajstić information content (AvgIpc) is 3.43. The lowest BCUT2D eigenvalue weighted by Crippen LogP contribution is -2.50. The number of aliphatic carboxylic acids is 1. The second-order valence-corrected chi connectivity index (χ2v) is 9.22. The molecule has 2 atom stereocenters. The quantitative estimate of drug-likeness (QED) is 0.281. The maximum absolute atomic E-state index is 12.8. The number of carbonyl (C=O) groups is 4. The highest BCUT2D eigenvalue weighted by atomic mass is 16.5. The van der Waals surface area contributed by atoms with Crippen molar-refractivity contribution in [3.8, 4) is 0 Å². The number of carbonyl (C=O) groups excluding carboxylic acids is 3. The Morgan fingerprint density at radius 1 is 1.19 bits per heavy atom. The van der Waals surface area contributed by atoms with Gasteiger partial charge < -0.3 is 36.0 Å². The van der Waals surface area contributed by atoms with E-state index in [4.69, 9.17) is 4.74 Å². The number of rotatable bonds is 11. The van der Waals surface area contributed by atoms with Crippen molar-refractivity contribution in [3.05, 3.63) is 35.9 Å². The summed E-state index contributed by atoms with van der Waals surface area (Å²) in [5, 5.41) is 20.6. The van der Waals surface area contributed by atoms with Crippen LogP contribution in [0.5, 0.6) is 0 Å². The molecule has 2 heterocycles. The van der Waals surface area contributed by atoms with Gasteiger partial charge in [0.1, 0.15) is 12.6 Å². The Morgan fingerprint density at radius 2 is 1.92 bits per heavy atom. The number of hydrogen-bond acceptors (Lipinski definition) is 8. The fraction of sp³-hybridized carbons (Fsp3) is 0.560. The number of alkyl carbamates (subject to hydrolysis) is 1. The largest absolute Gasteiger partial charge is 0.480 e. The molecule has 2 aliphatic rings. The summed E-state index contributed by atoms with van der Waals surface area (Å²) in [6.45, 7) is 4.81. The Balaban J connectivity index is 1.35. The van der Waals surface area contributed by atoms with Crippen molar-refractivity contribution in [2.75, 3.05) is 39.3 Å². The van der Waals surface area contributed by atoms with Crippen molar-refractivity contribution < 1.29 is 29.0 Å². The molecule has 1 saturated heterocycles. The summed E-state index contributed by atoms with van der Waals surface area (Å²) < 4.78 is 5.06. The summed E-state index contributed by atoms with van der Waals surface area (Å²) in [5.41, 5.74) is 0.769. The van der Waals surface area contributed by atoms with Crippen LogP contribution in [0.4, 0.5) is 4.79 Å². The molecule has 0 saturated carbocycles. The average molecular weight is 517 g/mol. The fourth-order valence-electron chi connectivity index (χ4n) is 4.17. The van der Waals surface area contributed by atoms with Crippen LogP contribution in [0, 0.1) is 11.8 Å². The monoisotopic (exact) mass is 516 g/mol. The van der Waals surface area contributed by atoms with Gasteiger partial charge in [-0.15, -0.1) is 0 Å². The van der Waals surface area contributed by atoms with Crippen molar-refractivity contribution >= 4 is 29.8 Å². The number of nitrogens with one attached hydrogen (secondary N) is 4. The van der Waals surface area contributed by atoms with Gasteiger partial charge in [0, 0.05) is 44.6 Å². The van der Waals surface area contributed by atoms with Gasteiger partial charge in [-0.2, -0.15) is 0 Å². The number of hydrogen-bond donors (Lipinski definition) is 5. The van der Waals surface area contributed by atoms with Gasteiger partial charge in [0.25, 0.3) is 0 Å². The number of amides is 3. The van der Waals surface area contributed by atoms with Gasteiger partial charge in [-0.05, 0) is 24.8 Å². The minimum atomic E-state index is -1.33. The van der Waals surface area contributed by atoms with Gasteiger partial charge >= 0.3 is 12.1 Å². The Hall–Kier alpha value is -3.83. The maximum Gasteiger partial charge on any atom is 0.408 e. The van der Waals surface area contributed by atoms with Gasteiger partial charge in [0.15, 0.2) is 5.96 Å². The third-order valence-corrected chi connectivity index (χ3v) is 6.43. The molecule has 2 unspecified atom stereocenters. The van der Waals surface area contributed by atoms with E-state index in [1.54, 1.807) is 29.2 Å². The lowest BCUT2D eigenvalue weighted by molar-refractivity contribution is -0.140. The molecule has 0 spiro atoms. The van der Waals surface area contributed by atoms with E-state index in [9.17, 15) is 24.3 Å². The molecule has 2 aliphatic heterocycles. The van der Waals surface area contributed by atoms with Crippen molar-refractivity contribution in [2.45, 2.75) is 38.8 Å². The van der Waals surface area contributed by atoms with E-state index in [0.29, 0.717) is 38.9 Å². The zero-order valence-electron chi connectivity index (χ0n) is 21.1. The van der Waals surface area contributed by atoms with E-state index < -0.39 is 18.1 Å². The molecule has 0 aliphatic carbocycles. The number of benzene rings is 1. The third kappa shape index (κ3) is 8.96. The molecule has 0 radical (unpaired) electrons. The van der Waals surface area contributed by atoms with Crippen LogP contribution in [-0.4, -0.2) is 85.2 Å². The highest BCUT2D eigenvalue weighted by Gasteiger charge is 2.30. The maximum atomic E-state index is 12.8. The summed E-state index contributed by atoms with van der Waals surface area (Å²) in [6.07, 6.45) is 0.785. The standard InChI is InChI=1S/C25H36N6O6/c1-17(7-10-26-24-27-11-12-28-24)22(33)31-13-8-19(9-14-31)21(32)29-15-20(23(34)35)30-25(36)37-16-18-5-3-2-4-6-18/h2-6,17,19-20H,7-16H2,1H3,(H,29,32)(H,30,36)(H,34,35)(H2,26,27,28). The van der Waals surface area contributed by atoms with Gasteiger partial charge in [0.05, 0.1) is 6.54 Å². The molecule has 202 valence electrons. The van der Waals surface area contributed by atoms with Gasteiger partial charge in [0.2, 0.25) is 11.8 Å². The molecule has 1 aromatic carbocycles. The first-order chi connectivity index (χ1) is 17.8. The SMILES string of the molecule is CC(CCNC1=NCCN1)C(=O)N1CCC(C(=O)NCC(NC(=O)OCc2ccccc2)C(=O)O)CC1. The smallest absolute Gasteiger partial charge is 0.408 e. The van der Waals surface area contributed by atoms with Gasteiger partial charge in [-0.25, -0.2) is 9.59 Å². The summed E-state index contributed by atoms with van der Waals surface area (Å²) in [6, 6.07) is 7.68. The van der Waals surface area contributed by atoms with Crippen LogP contribution >= 0.6 is 0 Å². The zero-order chi connectivity index (χ0) is 26.6. The van der Waals surface area contributed by atoms with E-state index >= 15 is 0 Å². The molecule has 5 N–H and O–H groups in total. The molecule has 1 aromatic rings. The molecule has 0 aromatic heterocycles. The van der Waals surface area contributed by atoms with Gasteiger partial charge in [-0.1, -0.05) is 37.3 Å². The summed E-state index contributed by atoms with van der Waals surface area (Å²) in [4.78, 5) is 55.0. The first kappa shape index (κ1) is 27.8. The third-order valence-electron chi connectivity index (χ3n) is 6.43. The number of piperidine rings is 1. The second kappa shape index (κ2) is 14.0. The van der Waals surface area contributed by atoms with Crippen LogP contribution in [0.25, 0.3) is 0 Å². The first-order valence-electron chi connectivity index (χ1n) is 12.6. The van der Waals surface area contributed by atoms with Crippen LogP contribution in [0.1, 0.15) is 31.7 Å². The first-order valence-corrected chi connectivity index (χ1v) is 12.6. The molecule has 12 nitrogen and oxygen atoms in total. The molecule has 0 bridgehead atoms. The van der Waals surface area contributed by atoms with Gasteiger partial charge in [-0.3, -0.25) is 14.6 Å². The van der Waals surface area contributed by atoms with Crippen molar-refractivity contribution in [2.24, 2.45) is 16.8 Å². The zero-order valence-corrected chi connectivity index (χ0v) is 21.1. The molecule has 1 fully saturated rings. The van der Waals surface area contributed by atoms with Crippen LogP contribution in [0.3, 0.4) is 0 Å². The topological polar surface area (TPSA) is 161 Å². The number of nitrogens with zero attached hydrogens (tertiary/aromatic N) is 2. The van der Waals surface area contributed by atoms with E-state index in [1.165, 1.54) is 0 Å². The summed E-state index contributed by atoms with van der Waals surface area (Å²) >= 11 is 0. The predicted octanol–water partition coefficient (Wildman–Crippen LogP) is 0.296. The molecule has 3 rings (SSSR count). The van der Waals surface area contributed by atoms with E-state index in [2.05, 4.69) is 26.3 Å². The van der Waals surface area contributed by atoms with Crippen LogP contribution < -0.4 is 21.3 Å². The Bertz CT molecular complexity index is 964. The lowest BCUT2D eigenvalue weighted by Gasteiger charge is -2.33. The number of carboxylic acids is 1. The summed E-state index contributed by atoms with van der Waals surface area (Å²) in [5.74, 6) is -1.21. The minimum Gasteiger partial charge on any atom is -0.480 e. The number of likely N-dealkylation sites (tertiary alicyclic amines) is 1.